The molecule has 0 saturated carbocycles. The number of nitrogens with zero attached hydrogens (tertiary/aromatic N) is 1. The van der Waals surface area contributed by atoms with E-state index >= 15 is 0 Å². The maximum atomic E-state index is 13.3. The molecule has 144 valence electrons. The molecule has 0 aliphatic rings. The highest BCUT2D eigenvalue weighted by molar-refractivity contribution is 6.30. The van der Waals surface area contributed by atoms with E-state index in [0.717, 1.165) is 28.8 Å². The van der Waals surface area contributed by atoms with Gasteiger partial charge < -0.3 is 10.6 Å². The smallest absolute Gasteiger partial charge is 0.248 e. The van der Waals surface area contributed by atoms with Gasteiger partial charge in [0.25, 0.3) is 0 Å². The van der Waals surface area contributed by atoms with Gasteiger partial charge in [0, 0.05) is 17.3 Å². The summed E-state index contributed by atoms with van der Waals surface area (Å²) in [5.41, 5.74) is 11.5. The van der Waals surface area contributed by atoms with E-state index in [1.807, 2.05) is 72.8 Å². The van der Waals surface area contributed by atoms with Crippen LogP contribution in [-0.2, 0) is 11.2 Å². The number of aryl methyl sites for hydroxylation is 2. The lowest BCUT2D eigenvalue weighted by atomic mass is 10.0. The van der Waals surface area contributed by atoms with Crippen molar-refractivity contribution in [3.05, 3.63) is 100 Å². The number of benzene rings is 3. The number of anilines is 1. The van der Waals surface area contributed by atoms with E-state index < -0.39 is 6.04 Å². The van der Waals surface area contributed by atoms with Crippen LogP contribution in [0.3, 0.4) is 0 Å². The van der Waals surface area contributed by atoms with E-state index in [-0.39, 0.29) is 5.91 Å². The number of nitrogens with two attached hydrogens (primary N) is 1. The fourth-order valence-corrected chi connectivity index (χ4v) is 3.25. The topological polar surface area (TPSA) is 46.3 Å². The van der Waals surface area contributed by atoms with Gasteiger partial charge in [-0.05, 0) is 66.8 Å². The van der Waals surface area contributed by atoms with Crippen molar-refractivity contribution in [2.75, 3.05) is 11.4 Å². The number of hydrogen-bond acceptors (Lipinski definition) is 2. The SMILES string of the molecule is Cc1ccc(N(CCc2ccc(Cl)cc2)C(=O)C(N)c2ccccc2)cc1C. The Bertz CT molecular complexity index is 939. The number of hydrogen-bond donors (Lipinski definition) is 1. The number of carbonyl (C=O) groups excluding carboxylic acids is 1. The summed E-state index contributed by atoms with van der Waals surface area (Å²) in [7, 11) is 0. The molecule has 4 heteroatoms. The molecule has 3 aromatic carbocycles. The van der Waals surface area contributed by atoms with Crippen LogP contribution in [0.15, 0.2) is 72.8 Å². The minimum absolute atomic E-state index is 0.108. The lowest BCUT2D eigenvalue weighted by molar-refractivity contribution is -0.120. The molecule has 1 atom stereocenters. The zero-order chi connectivity index (χ0) is 20.1. The first-order valence-electron chi connectivity index (χ1n) is 9.39. The van der Waals surface area contributed by atoms with E-state index in [4.69, 9.17) is 17.3 Å². The molecule has 0 heterocycles. The van der Waals surface area contributed by atoms with Crippen LogP contribution in [0.5, 0.6) is 0 Å². The van der Waals surface area contributed by atoms with Crippen LogP contribution in [0.4, 0.5) is 5.69 Å². The highest BCUT2D eigenvalue weighted by Crippen LogP contribution is 2.23. The van der Waals surface area contributed by atoms with E-state index in [1.165, 1.54) is 5.56 Å². The van der Waals surface area contributed by atoms with Crippen LogP contribution < -0.4 is 10.6 Å². The van der Waals surface area contributed by atoms with Crippen molar-refractivity contribution in [1.29, 1.82) is 0 Å². The van der Waals surface area contributed by atoms with Crippen molar-refractivity contribution in [2.24, 2.45) is 5.73 Å². The van der Waals surface area contributed by atoms with Crippen molar-refractivity contribution in [3.63, 3.8) is 0 Å². The van der Waals surface area contributed by atoms with Gasteiger partial charge in [0.2, 0.25) is 5.91 Å². The number of halogens is 1. The fourth-order valence-electron chi connectivity index (χ4n) is 3.12. The molecule has 0 aliphatic carbocycles. The van der Waals surface area contributed by atoms with E-state index in [0.29, 0.717) is 11.6 Å². The van der Waals surface area contributed by atoms with Gasteiger partial charge in [-0.1, -0.05) is 60.1 Å². The summed E-state index contributed by atoms with van der Waals surface area (Å²) in [6.45, 7) is 4.66. The largest absolute Gasteiger partial charge is 0.316 e. The van der Waals surface area contributed by atoms with Crippen molar-refractivity contribution in [1.82, 2.24) is 0 Å². The quantitative estimate of drug-likeness (QED) is 0.624. The van der Waals surface area contributed by atoms with Gasteiger partial charge in [-0.3, -0.25) is 4.79 Å². The second-order valence-electron chi connectivity index (χ2n) is 7.02. The molecule has 28 heavy (non-hydrogen) atoms. The molecule has 0 radical (unpaired) electrons. The molecule has 0 fully saturated rings. The van der Waals surface area contributed by atoms with Crippen molar-refractivity contribution in [3.8, 4) is 0 Å². The van der Waals surface area contributed by atoms with Crippen molar-refractivity contribution < 1.29 is 4.79 Å². The average molecular weight is 393 g/mol. The summed E-state index contributed by atoms with van der Waals surface area (Å²) in [5, 5.41) is 0.706. The molecular formula is C24H25ClN2O. The Morgan fingerprint density at radius 2 is 1.64 bits per heavy atom. The summed E-state index contributed by atoms with van der Waals surface area (Å²) in [6.07, 6.45) is 0.720. The lowest BCUT2D eigenvalue weighted by Crippen LogP contribution is -2.40. The summed E-state index contributed by atoms with van der Waals surface area (Å²) in [6, 6.07) is 22.6. The Morgan fingerprint density at radius 1 is 0.964 bits per heavy atom. The summed E-state index contributed by atoms with van der Waals surface area (Å²) in [4.78, 5) is 15.1. The lowest BCUT2D eigenvalue weighted by Gasteiger charge is -2.27. The molecule has 3 aromatic rings. The first kappa shape index (κ1) is 20.1. The first-order valence-corrected chi connectivity index (χ1v) is 9.77. The fraction of sp³-hybridized carbons (Fsp3) is 0.208. The Hall–Kier alpha value is -2.62. The van der Waals surface area contributed by atoms with Crippen molar-refractivity contribution in [2.45, 2.75) is 26.3 Å². The van der Waals surface area contributed by atoms with Gasteiger partial charge in [0.15, 0.2) is 0 Å². The van der Waals surface area contributed by atoms with Crippen LogP contribution in [0.25, 0.3) is 0 Å². The second kappa shape index (κ2) is 9.05. The third kappa shape index (κ3) is 4.80. The molecule has 2 N–H and O–H groups in total. The van der Waals surface area contributed by atoms with Gasteiger partial charge in [0.1, 0.15) is 6.04 Å². The van der Waals surface area contributed by atoms with Crippen LogP contribution in [0, 0.1) is 13.8 Å². The molecule has 3 nitrogen and oxygen atoms in total. The predicted octanol–water partition coefficient (Wildman–Crippen LogP) is 5.23. The number of rotatable bonds is 6. The zero-order valence-corrected chi connectivity index (χ0v) is 17.0. The minimum atomic E-state index is -0.701. The summed E-state index contributed by atoms with van der Waals surface area (Å²) < 4.78 is 0. The zero-order valence-electron chi connectivity index (χ0n) is 16.2. The first-order chi connectivity index (χ1) is 13.5. The van der Waals surface area contributed by atoms with Crippen LogP contribution >= 0.6 is 11.6 Å². The van der Waals surface area contributed by atoms with E-state index in [1.54, 1.807) is 4.90 Å². The van der Waals surface area contributed by atoms with Gasteiger partial charge in [-0.2, -0.15) is 0 Å². The van der Waals surface area contributed by atoms with Crippen LogP contribution in [-0.4, -0.2) is 12.5 Å². The van der Waals surface area contributed by atoms with Gasteiger partial charge in [-0.15, -0.1) is 0 Å². The highest BCUT2D eigenvalue weighted by Gasteiger charge is 2.24. The van der Waals surface area contributed by atoms with Crippen LogP contribution in [0.1, 0.15) is 28.3 Å². The highest BCUT2D eigenvalue weighted by atomic mass is 35.5. The normalized spacial score (nSPS) is 11.9. The third-order valence-electron chi connectivity index (χ3n) is 5.03. The minimum Gasteiger partial charge on any atom is -0.316 e. The summed E-state index contributed by atoms with van der Waals surface area (Å²) in [5.74, 6) is -0.108. The monoisotopic (exact) mass is 392 g/mol. The van der Waals surface area contributed by atoms with Crippen LogP contribution in [0.2, 0.25) is 5.02 Å². The van der Waals surface area contributed by atoms with Gasteiger partial charge in [0.05, 0.1) is 0 Å². The van der Waals surface area contributed by atoms with E-state index in [2.05, 4.69) is 13.8 Å². The molecular weight excluding hydrogens is 368 g/mol. The maximum Gasteiger partial charge on any atom is 0.248 e. The van der Waals surface area contributed by atoms with E-state index in [9.17, 15) is 4.79 Å². The van der Waals surface area contributed by atoms with Gasteiger partial charge >= 0.3 is 0 Å². The molecule has 1 amide bonds. The molecule has 1 unspecified atom stereocenters. The molecule has 0 aromatic heterocycles. The standard InChI is InChI=1S/C24H25ClN2O/c1-17-8-13-22(16-18(17)2)27(15-14-19-9-11-21(25)12-10-19)24(28)23(26)20-6-4-3-5-7-20/h3-13,16,23H,14-15,26H2,1-2H3. The Balaban J connectivity index is 1.87. The maximum absolute atomic E-state index is 13.3. The molecule has 0 saturated heterocycles. The second-order valence-corrected chi connectivity index (χ2v) is 7.46. The summed E-state index contributed by atoms with van der Waals surface area (Å²) >= 11 is 5.98. The number of carbonyl (C=O) groups is 1. The molecule has 0 spiro atoms. The molecule has 3 rings (SSSR count). The molecule has 0 bridgehead atoms. The Labute approximate surface area is 171 Å². The third-order valence-corrected chi connectivity index (χ3v) is 5.28. The van der Waals surface area contributed by atoms with Crippen molar-refractivity contribution >= 4 is 23.2 Å². The number of amides is 1. The Morgan fingerprint density at radius 3 is 2.29 bits per heavy atom. The Kier molecular flexibility index (Phi) is 6.50. The predicted molar refractivity (Wildman–Crippen MR) is 117 cm³/mol. The van der Waals surface area contributed by atoms with Gasteiger partial charge in [-0.25, -0.2) is 0 Å². The average Bonchev–Trinajstić information content (AvgIpc) is 2.72. The molecule has 0 aliphatic heterocycles.